The first-order valence-electron chi connectivity index (χ1n) is 7.89. The molecule has 0 aliphatic carbocycles. The van der Waals surface area contributed by atoms with Gasteiger partial charge in [-0.2, -0.15) is 4.72 Å². The Bertz CT molecular complexity index is 875. The van der Waals surface area contributed by atoms with Gasteiger partial charge in [-0.3, -0.25) is 15.0 Å². The number of imidazole rings is 1. The molecular formula is C14H19N5O5S. The van der Waals surface area contributed by atoms with Crippen molar-refractivity contribution in [3.05, 3.63) is 28.3 Å². The summed E-state index contributed by atoms with van der Waals surface area (Å²) >= 11 is 0. The molecule has 1 saturated heterocycles. The van der Waals surface area contributed by atoms with Gasteiger partial charge in [0, 0.05) is 25.2 Å². The van der Waals surface area contributed by atoms with Gasteiger partial charge in [0.1, 0.15) is 0 Å². The highest BCUT2D eigenvalue weighted by Crippen LogP contribution is 2.21. The maximum atomic E-state index is 12.6. The molecule has 0 radical (unpaired) electrons. The van der Waals surface area contributed by atoms with Crippen LogP contribution in [0.2, 0.25) is 0 Å². The maximum absolute atomic E-state index is 12.6. The molecule has 2 aromatic rings. The van der Waals surface area contributed by atoms with Crippen molar-refractivity contribution < 1.29 is 18.1 Å². The number of benzene rings is 1. The van der Waals surface area contributed by atoms with Crippen LogP contribution >= 0.6 is 0 Å². The second kappa shape index (κ2) is 7.04. The van der Waals surface area contributed by atoms with Crippen LogP contribution in [0.25, 0.3) is 11.0 Å². The van der Waals surface area contributed by atoms with Gasteiger partial charge in [-0.1, -0.05) is 6.92 Å². The monoisotopic (exact) mass is 369 g/mol. The number of hydrogen-bond donors (Lipinski definition) is 2. The van der Waals surface area contributed by atoms with Gasteiger partial charge in [-0.25, -0.2) is 13.4 Å². The average Bonchev–Trinajstić information content (AvgIpc) is 3.04. The normalized spacial score (nSPS) is 17.6. The first kappa shape index (κ1) is 17.7. The van der Waals surface area contributed by atoms with Gasteiger partial charge in [0.2, 0.25) is 5.16 Å². The van der Waals surface area contributed by atoms with E-state index >= 15 is 0 Å². The lowest BCUT2D eigenvalue weighted by molar-refractivity contribution is -0.384. The van der Waals surface area contributed by atoms with E-state index in [2.05, 4.69) is 14.7 Å². The number of rotatable bonds is 6. The predicted octanol–water partition coefficient (Wildman–Crippen LogP) is 0.818. The number of H-pyrrole nitrogens is 1. The summed E-state index contributed by atoms with van der Waals surface area (Å²) in [6, 6.07) is 3.98. The molecule has 2 heterocycles. The first-order valence-corrected chi connectivity index (χ1v) is 9.37. The van der Waals surface area contributed by atoms with E-state index in [1.54, 1.807) is 0 Å². The Morgan fingerprint density at radius 1 is 1.44 bits per heavy atom. The van der Waals surface area contributed by atoms with Gasteiger partial charge in [0.15, 0.2) is 0 Å². The number of sulfonamides is 1. The molecule has 1 aromatic heterocycles. The van der Waals surface area contributed by atoms with Crippen LogP contribution in [-0.2, 0) is 14.8 Å². The van der Waals surface area contributed by atoms with Crippen LogP contribution in [0, 0.1) is 10.1 Å². The lowest BCUT2D eigenvalue weighted by Crippen LogP contribution is -2.52. The summed E-state index contributed by atoms with van der Waals surface area (Å²) in [4.78, 5) is 19.0. The predicted molar refractivity (Wildman–Crippen MR) is 89.5 cm³/mol. The molecule has 10 nitrogen and oxygen atoms in total. The Morgan fingerprint density at radius 2 is 2.16 bits per heavy atom. The number of ether oxygens (including phenoxy) is 1. The van der Waals surface area contributed by atoms with Crippen LogP contribution in [-0.4, -0.2) is 60.7 Å². The SMILES string of the molecule is CCC(NS(=O)(=O)c1nc2cc([N+](=O)[O-])ccc2[nH]1)N1CCOCC1. The first-order chi connectivity index (χ1) is 11.9. The number of non-ortho nitro benzene ring substituents is 1. The van der Waals surface area contributed by atoms with Gasteiger partial charge >= 0.3 is 0 Å². The lowest BCUT2D eigenvalue weighted by Gasteiger charge is -2.33. The number of aromatic nitrogens is 2. The minimum absolute atomic E-state index is 0.143. The zero-order valence-corrected chi connectivity index (χ0v) is 14.5. The fraction of sp³-hybridized carbons (Fsp3) is 0.500. The van der Waals surface area contributed by atoms with Crippen LogP contribution < -0.4 is 4.72 Å². The molecule has 1 fully saturated rings. The molecule has 0 bridgehead atoms. The summed E-state index contributed by atoms with van der Waals surface area (Å²) in [6.07, 6.45) is 0.224. The average molecular weight is 369 g/mol. The van der Waals surface area contributed by atoms with Crippen molar-refractivity contribution in [3.8, 4) is 0 Å². The van der Waals surface area contributed by atoms with Crippen molar-refractivity contribution in [1.29, 1.82) is 0 Å². The molecule has 0 spiro atoms. The van der Waals surface area contributed by atoms with Crippen LogP contribution in [0.15, 0.2) is 23.4 Å². The smallest absolute Gasteiger partial charge is 0.275 e. The molecule has 3 rings (SSSR count). The number of hydrogen-bond acceptors (Lipinski definition) is 7. The number of morpholine rings is 1. The molecule has 1 aliphatic heterocycles. The van der Waals surface area contributed by atoms with Crippen LogP contribution in [0.5, 0.6) is 0 Å². The highest BCUT2D eigenvalue weighted by Gasteiger charge is 2.27. The van der Waals surface area contributed by atoms with Gasteiger partial charge in [0.25, 0.3) is 15.7 Å². The Kier molecular flexibility index (Phi) is 4.99. The minimum Gasteiger partial charge on any atom is -0.379 e. The van der Waals surface area contributed by atoms with Crippen molar-refractivity contribution in [2.45, 2.75) is 24.7 Å². The van der Waals surface area contributed by atoms with E-state index in [4.69, 9.17) is 4.74 Å². The summed E-state index contributed by atoms with van der Waals surface area (Å²) in [5, 5.41) is 10.6. The standard InChI is InChI=1S/C14H19N5O5S/c1-2-13(18-5-7-24-8-6-18)17-25(22,23)14-15-11-4-3-10(19(20)21)9-12(11)16-14/h3-4,9,13,17H,2,5-8H2,1H3,(H,15,16). The third-order valence-corrected chi connectivity index (χ3v) is 5.36. The minimum atomic E-state index is -3.88. The molecule has 1 unspecified atom stereocenters. The summed E-state index contributed by atoms with van der Waals surface area (Å²) in [6.45, 7) is 4.31. The zero-order valence-electron chi connectivity index (χ0n) is 13.6. The third kappa shape index (κ3) is 3.79. The van der Waals surface area contributed by atoms with E-state index in [1.807, 2.05) is 11.8 Å². The van der Waals surface area contributed by atoms with E-state index in [-0.39, 0.29) is 22.5 Å². The van der Waals surface area contributed by atoms with E-state index in [9.17, 15) is 18.5 Å². The lowest BCUT2D eigenvalue weighted by atomic mass is 10.3. The Balaban J connectivity index is 1.85. The molecule has 0 amide bonds. The van der Waals surface area contributed by atoms with Gasteiger partial charge in [-0.15, -0.1) is 0 Å². The van der Waals surface area contributed by atoms with Crippen LogP contribution in [0.4, 0.5) is 5.69 Å². The molecule has 136 valence electrons. The van der Waals surface area contributed by atoms with Crippen molar-refractivity contribution in [2.24, 2.45) is 0 Å². The summed E-state index contributed by atoms with van der Waals surface area (Å²) in [5.74, 6) is 0. The second-order valence-corrected chi connectivity index (χ2v) is 7.32. The van der Waals surface area contributed by atoms with Gasteiger partial charge < -0.3 is 9.72 Å². The summed E-state index contributed by atoms with van der Waals surface area (Å²) < 4.78 is 33.2. The van der Waals surface area contributed by atoms with E-state index in [1.165, 1.54) is 18.2 Å². The number of fused-ring (bicyclic) bond motifs is 1. The topological polar surface area (TPSA) is 130 Å². The molecule has 1 aromatic carbocycles. The van der Waals surface area contributed by atoms with Gasteiger partial charge in [0.05, 0.1) is 35.3 Å². The number of nitrogens with zero attached hydrogens (tertiary/aromatic N) is 3. The molecule has 11 heteroatoms. The number of nitro groups is 1. The van der Waals surface area contributed by atoms with E-state index in [0.29, 0.717) is 38.2 Å². The van der Waals surface area contributed by atoms with Gasteiger partial charge in [-0.05, 0) is 12.5 Å². The summed E-state index contributed by atoms with van der Waals surface area (Å²) in [5.41, 5.74) is 0.509. The highest BCUT2D eigenvalue weighted by atomic mass is 32.2. The van der Waals surface area contributed by atoms with Crippen molar-refractivity contribution in [3.63, 3.8) is 0 Å². The number of nitro benzene ring substituents is 1. The van der Waals surface area contributed by atoms with Crippen molar-refractivity contribution >= 4 is 26.7 Å². The second-order valence-electron chi connectivity index (χ2n) is 5.69. The van der Waals surface area contributed by atoms with E-state index < -0.39 is 14.9 Å². The molecule has 25 heavy (non-hydrogen) atoms. The molecule has 1 aliphatic rings. The number of nitrogens with one attached hydrogen (secondary N) is 2. The molecule has 0 saturated carbocycles. The Labute approximate surface area is 144 Å². The molecule has 1 atom stereocenters. The highest BCUT2D eigenvalue weighted by molar-refractivity contribution is 7.89. The fourth-order valence-electron chi connectivity index (χ4n) is 2.75. The Morgan fingerprint density at radius 3 is 2.80 bits per heavy atom. The quantitative estimate of drug-likeness (QED) is 0.569. The van der Waals surface area contributed by atoms with Crippen molar-refractivity contribution in [1.82, 2.24) is 19.6 Å². The maximum Gasteiger partial charge on any atom is 0.275 e. The Hall–Kier alpha value is -2.08. The largest absolute Gasteiger partial charge is 0.379 e. The zero-order chi connectivity index (χ0) is 18.0. The van der Waals surface area contributed by atoms with Crippen molar-refractivity contribution in [2.75, 3.05) is 26.3 Å². The number of aromatic amines is 1. The van der Waals surface area contributed by atoms with Crippen LogP contribution in [0.3, 0.4) is 0 Å². The van der Waals surface area contributed by atoms with Crippen LogP contribution in [0.1, 0.15) is 13.3 Å². The molecular weight excluding hydrogens is 350 g/mol. The summed E-state index contributed by atoms with van der Waals surface area (Å²) in [7, 11) is -3.88. The molecule has 2 N–H and O–H groups in total. The van der Waals surface area contributed by atoms with E-state index in [0.717, 1.165) is 0 Å². The third-order valence-electron chi connectivity index (χ3n) is 4.07. The fourth-order valence-corrected chi connectivity index (χ4v) is 4.00.